The Morgan fingerprint density at radius 1 is 1.28 bits per heavy atom. The Hall–Kier alpha value is -1.59. The molecule has 1 heterocycles. The van der Waals surface area contributed by atoms with Gasteiger partial charge in [0.25, 0.3) is 0 Å². The molecule has 25 heavy (non-hydrogen) atoms. The lowest BCUT2D eigenvalue weighted by Crippen LogP contribution is -2.51. The van der Waals surface area contributed by atoms with E-state index in [2.05, 4.69) is 46.7 Å². The molecule has 3 rings (SSSR count). The van der Waals surface area contributed by atoms with Gasteiger partial charge in [-0.25, -0.2) is 4.79 Å². The van der Waals surface area contributed by atoms with Gasteiger partial charge in [-0.15, -0.1) is 0 Å². The zero-order chi connectivity index (χ0) is 17.6. The van der Waals surface area contributed by atoms with E-state index in [1.54, 1.807) is 0 Å². The summed E-state index contributed by atoms with van der Waals surface area (Å²) in [5, 5.41) is 15.6. The van der Waals surface area contributed by atoms with Crippen LogP contribution in [0.2, 0.25) is 0 Å². The second-order valence-electron chi connectivity index (χ2n) is 7.53. The molecule has 3 atom stereocenters. The number of urea groups is 1. The minimum Gasteiger partial charge on any atom is -0.396 e. The molecule has 1 saturated carbocycles. The number of carbonyl (C=O) groups is 1. The van der Waals surface area contributed by atoms with Crippen molar-refractivity contribution in [3.63, 3.8) is 0 Å². The zero-order valence-corrected chi connectivity index (χ0v) is 15.2. The molecule has 3 N–H and O–H groups in total. The highest BCUT2D eigenvalue weighted by atomic mass is 16.3. The van der Waals surface area contributed by atoms with E-state index >= 15 is 0 Å². The summed E-state index contributed by atoms with van der Waals surface area (Å²) in [5.41, 5.74) is 2.85. The molecule has 1 aliphatic carbocycles. The van der Waals surface area contributed by atoms with E-state index in [4.69, 9.17) is 0 Å². The number of nitrogens with one attached hydrogen (secondary N) is 2. The van der Waals surface area contributed by atoms with Crippen molar-refractivity contribution < 1.29 is 9.90 Å². The predicted molar refractivity (Wildman–Crippen MR) is 99.4 cm³/mol. The highest BCUT2D eigenvalue weighted by Gasteiger charge is 2.26. The van der Waals surface area contributed by atoms with Gasteiger partial charge in [0.1, 0.15) is 0 Å². The monoisotopic (exact) mass is 345 g/mol. The van der Waals surface area contributed by atoms with E-state index in [0.717, 1.165) is 45.2 Å². The summed E-state index contributed by atoms with van der Waals surface area (Å²) >= 11 is 0. The predicted octanol–water partition coefficient (Wildman–Crippen LogP) is 2.28. The number of carbonyl (C=O) groups excluding carboxylic acids is 1. The fraction of sp³-hybridized carbons (Fsp3) is 0.650. The van der Waals surface area contributed by atoms with Crippen molar-refractivity contribution in [2.24, 2.45) is 5.92 Å². The van der Waals surface area contributed by atoms with Gasteiger partial charge < -0.3 is 15.7 Å². The SMILES string of the molecule is CC(CNC(=O)NC1CCCCC1CO)N1CCc2ccccc2C1. The topological polar surface area (TPSA) is 64.6 Å². The number of fused-ring (bicyclic) bond motifs is 1. The van der Waals surface area contributed by atoms with E-state index in [1.807, 2.05) is 0 Å². The molecule has 2 aliphatic rings. The van der Waals surface area contributed by atoms with Crippen LogP contribution in [0.5, 0.6) is 0 Å². The first-order chi connectivity index (χ1) is 12.2. The molecule has 5 nitrogen and oxygen atoms in total. The number of nitrogens with zero attached hydrogens (tertiary/aromatic N) is 1. The van der Waals surface area contributed by atoms with Crippen LogP contribution in [0.1, 0.15) is 43.7 Å². The molecule has 0 aromatic heterocycles. The third-order valence-electron chi connectivity index (χ3n) is 5.80. The second-order valence-corrected chi connectivity index (χ2v) is 7.53. The molecule has 1 aromatic rings. The molecule has 0 radical (unpaired) electrons. The Balaban J connectivity index is 1.44. The van der Waals surface area contributed by atoms with Crippen LogP contribution in [0.25, 0.3) is 0 Å². The Morgan fingerprint density at radius 3 is 2.84 bits per heavy atom. The standard InChI is InChI=1S/C20H31N3O2/c1-15(23-11-10-16-6-2-3-7-17(16)13-23)12-21-20(25)22-19-9-5-4-8-18(19)14-24/h2-3,6-7,15,18-19,24H,4-5,8-14H2,1H3,(H2,21,22,25). The Morgan fingerprint density at radius 2 is 2.04 bits per heavy atom. The van der Waals surface area contributed by atoms with Crippen molar-refractivity contribution in [2.75, 3.05) is 19.7 Å². The number of aliphatic hydroxyl groups is 1. The van der Waals surface area contributed by atoms with Gasteiger partial charge in [0.15, 0.2) is 0 Å². The van der Waals surface area contributed by atoms with E-state index in [9.17, 15) is 9.90 Å². The Labute approximate surface area is 150 Å². The number of amides is 2. The van der Waals surface area contributed by atoms with Gasteiger partial charge in [0.05, 0.1) is 0 Å². The van der Waals surface area contributed by atoms with Crippen molar-refractivity contribution in [1.82, 2.24) is 15.5 Å². The number of benzene rings is 1. The van der Waals surface area contributed by atoms with Crippen molar-refractivity contribution >= 4 is 6.03 Å². The lowest BCUT2D eigenvalue weighted by molar-refractivity contribution is 0.151. The number of rotatable bonds is 5. The smallest absolute Gasteiger partial charge is 0.315 e. The molecule has 0 spiro atoms. The summed E-state index contributed by atoms with van der Waals surface area (Å²) in [4.78, 5) is 14.7. The summed E-state index contributed by atoms with van der Waals surface area (Å²) in [5.74, 6) is 0.204. The first kappa shape index (κ1) is 18.2. The van der Waals surface area contributed by atoms with Crippen LogP contribution in [0, 0.1) is 5.92 Å². The van der Waals surface area contributed by atoms with Crippen molar-refractivity contribution in [2.45, 2.75) is 57.7 Å². The summed E-state index contributed by atoms with van der Waals surface area (Å²) in [6.45, 7) is 4.97. The van der Waals surface area contributed by atoms with Gasteiger partial charge in [0, 0.05) is 44.2 Å². The van der Waals surface area contributed by atoms with Crippen molar-refractivity contribution in [3.05, 3.63) is 35.4 Å². The zero-order valence-electron chi connectivity index (χ0n) is 15.2. The normalized spacial score (nSPS) is 25.0. The lowest BCUT2D eigenvalue weighted by atomic mass is 9.85. The number of aliphatic hydroxyl groups excluding tert-OH is 1. The quantitative estimate of drug-likeness (QED) is 0.767. The average Bonchev–Trinajstić information content (AvgIpc) is 2.66. The molecule has 0 bridgehead atoms. The van der Waals surface area contributed by atoms with E-state index < -0.39 is 0 Å². The molecular formula is C20H31N3O2. The van der Waals surface area contributed by atoms with Crippen LogP contribution in [0.4, 0.5) is 4.79 Å². The van der Waals surface area contributed by atoms with E-state index in [1.165, 1.54) is 11.1 Å². The van der Waals surface area contributed by atoms with Crippen molar-refractivity contribution in [3.8, 4) is 0 Å². The molecule has 1 fully saturated rings. The maximum absolute atomic E-state index is 12.2. The lowest BCUT2D eigenvalue weighted by Gasteiger charge is -2.34. The van der Waals surface area contributed by atoms with Gasteiger partial charge in [-0.2, -0.15) is 0 Å². The highest BCUT2D eigenvalue weighted by Crippen LogP contribution is 2.24. The van der Waals surface area contributed by atoms with Crippen LogP contribution in [-0.2, 0) is 13.0 Å². The summed E-state index contributed by atoms with van der Waals surface area (Å²) < 4.78 is 0. The number of hydrogen-bond donors (Lipinski definition) is 3. The number of hydrogen-bond acceptors (Lipinski definition) is 3. The molecular weight excluding hydrogens is 314 g/mol. The molecule has 3 unspecified atom stereocenters. The Bertz CT molecular complexity index is 578. The van der Waals surface area contributed by atoms with Gasteiger partial charge in [0.2, 0.25) is 0 Å². The maximum atomic E-state index is 12.2. The average molecular weight is 345 g/mol. The summed E-state index contributed by atoms with van der Waals surface area (Å²) in [6, 6.07) is 8.93. The van der Waals surface area contributed by atoms with E-state index in [0.29, 0.717) is 12.6 Å². The molecule has 138 valence electrons. The molecule has 1 aromatic carbocycles. The van der Waals surface area contributed by atoms with Gasteiger partial charge >= 0.3 is 6.03 Å². The fourth-order valence-electron chi connectivity index (χ4n) is 4.10. The van der Waals surface area contributed by atoms with Crippen LogP contribution in [-0.4, -0.2) is 47.8 Å². The van der Waals surface area contributed by atoms with E-state index in [-0.39, 0.29) is 24.6 Å². The maximum Gasteiger partial charge on any atom is 0.315 e. The third-order valence-corrected chi connectivity index (χ3v) is 5.80. The molecule has 2 amide bonds. The molecule has 1 aliphatic heterocycles. The third kappa shape index (κ3) is 4.73. The van der Waals surface area contributed by atoms with Crippen LogP contribution < -0.4 is 10.6 Å². The van der Waals surface area contributed by atoms with Gasteiger partial charge in [-0.3, -0.25) is 4.90 Å². The summed E-state index contributed by atoms with van der Waals surface area (Å²) in [7, 11) is 0. The Kier molecular flexibility index (Phi) is 6.32. The van der Waals surface area contributed by atoms with Gasteiger partial charge in [-0.05, 0) is 37.3 Å². The van der Waals surface area contributed by atoms with Gasteiger partial charge in [-0.1, -0.05) is 37.1 Å². The summed E-state index contributed by atoms with van der Waals surface area (Å²) in [6.07, 6.45) is 5.33. The first-order valence-corrected chi connectivity index (χ1v) is 9.63. The highest BCUT2D eigenvalue weighted by molar-refractivity contribution is 5.74. The molecule has 0 saturated heterocycles. The van der Waals surface area contributed by atoms with Crippen LogP contribution >= 0.6 is 0 Å². The minimum atomic E-state index is -0.102. The fourth-order valence-corrected chi connectivity index (χ4v) is 4.10. The van der Waals surface area contributed by atoms with Crippen LogP contribution in [0.15, 0.2) is 24.3 Å². The van der Waals surface area contributed by atoms with Crippen molar-refractivity contribution in [1.29, 1.82) is 0 Å². The minimum absolute atomic E-state index is 0.102. The van der Waals surface area contributed by atoms with Crippen LogP contribution in [0.3, 0.4) is 0 Å². The molecule has 5 heteroatoms. The first-order valence-electron chi connectivity index (χ1n) is 9.63. The largest absolute Gasteiger partial charge is 0.396 e. The second kappa shape index (κ2) is 8.68.